The number of rotatable bonds is 41. The largest absolute Gasteiger partial charge is 0.493 e. The van der Waals surface area contributed by atoms with Gasteiger partial charge in [0, 0.05) is 145 Å². The molecule has 4 aromatic carbocycles. The van der Waals surface area contributed by atoms with E-state index in [1.165, 1.54) is 14.7 Å². The van der Waals surface area contributed by atoms with E-state index in [2.05, 4.69) is 10.6 Å². The number of ether oxygens (including phenoxy) is 9. The molecule has 2 aliphatic heterocycles. The van der Waals surface area contributed by atoms with Crippen molar-refractivity contribution in [1.82, 2.24) is 25.3 Å². The summed E-state index contributed by atoms with van der Waals surface area (Å²) in [6, 6.07) is 17.6. The number of aryl methyl sites for hydroxylation is 1. The molecule has 26 nitrogen and oxygen atoms in total. The first-order valence-corrected chi connectivity index (χ1v) is 34.9. The van der Waals surface area contributed by atoms with E-state index >= 15 is 0 Å². The molecule has 4 N–H and O–H groups in total. The highest BCUT2D eigenvalue weighted by Crippen LogP contribution is 2.49. The van der Waals surface area contributed by atoms with Crippen LogP contribution < -0.4 is 40.2 Å². The number of nitrogens with zero attached hydrogens (tertiary/aromatic N) is 4. The zero-order valence-corrected chi connectivity index (χ0v) is 60.7. The number of amides is 8. The van der Waals surface area contributed by atoms with Crippen molar-refractivity contribution in [1.29, 1.82) is 0 Å². The van der Waals surface area contributed by atoms with Crippen LogP contribution in [-0.2, 0) is 70.3 Å². The number of nitrogens with one attached hydrogen (secondary N) is 2. The molecule has 2 heterocycles. The maximum atomic E-state index is 14.3. The fourth-order valence-electron chi connectivity index (χ4n) is 11.8. The third kappa shape index (κ3) is 24.0. The van der Waals surface area contributed by atoms with Crippen molar-refractivity contribution in [2.75, 3.05) is 132 Å². The fourth-order valence-corrected chi connectivity index (χ4v) is 12.0. The Bertz CT molecular complexity index is 3550. The van der Waals surface area contributed by atoms with Gasteiger partial charge in [0.2, 0.25) is 23.5 Å². The Morgan fingerprint density at radius 1 is 0.743 bits per heavy atom. The lowest BCUT2D eigenvalue weighted by atomic mass is 9.88. The minimum absolute atomic E-state index is 0.00576. The van der Waals surface area contributed by atoms with Gasteiger partial charge in [-0.1, -0.05) is 81.8 Å². The van der Waals surface area contributed by atoms with Crippen molar-refractivity contribution in [3.05, 3.63) is 94.1 Å². The summed E-state index contributed by atoms with van der Waals surface area (Å²) in [5, 5.41) is 6.84. The molecule has 27 heteroatoms. The van der Waals surface area contributed by atoms with Gasteiger partial charge in [0.25, 0.3) is 5.91 Å². The van der Waals surface area contributed by atoms with Crippen LogP contribution in [-0.4, -0.2) is 207 Å². The Labute approximate surface area is 596 Å². The molecule has 0 spiro atoms. The second-order valence-corrected chi connectivity index (χ2v) is 25.7. The number of methoxy groups -OCH3 is 3. The highest BCUT2D eigenvalue weighted by molar-refractivity contribution is 6.20. The lowest BCUT2D eigenvalue weighted by Gasteiger charge is -2.24. The Kier molecular flexibility index (Phi) is 33.2. The van der Waals surface area contributed by atoms with E-state index in [0.29, 0.717) is 132 Å². The third-order valence-corrected chi connectivity index (χ3v) is 18.0. The van der Waals surface area contributed by atoms with Crippen molar-refractivity contribution >= 4 is 93.3 Å². The Morgan fingerprint density at radius 3 is 1.97 bits per heavy atom. The molecule has 1 saturated heterocycles. The number of anilines is 1. The number of alkyl halides is 1. The number of hydrogen-bond acceptors (Lipinski definition) is 19. The van der Waals surface area contributed by atoms with Crippen molar-refractivity contribution < 1.29 is 90.6 Å². The first-order valence-electron chi connectivity index (χ1n) is 34.3. The highest BCUT2D eigenvalue weighted by atomic mass is 35.5. The molecule has 1 fully saturated rings. The van der Waals surface area contributed by atoms with Gasteiger partial charge in [-0.3, -0.25) is 38.5 Å². The van der Waals surface area contributed by atoms with Gasteiger partial charge in [0.1, 0.15) is 23.9 Å². The van der Waals surface area contributed by atoms with Crippen LogP contribution in [0.1, 0.15) is 119 Å². The number of imide groups is 1. The predicted molar refractivity (Wildman–Crippen MR) is 379 cm³/mol. The SMILES string of the molecule is CCC(=O)[C@H](CCCNC(N)=O)NC(=O)[C@@H](CC(=O)CCOCCOCCOCCOCCCC(=O)CCN1C(=O)CC(C)C1=O)C(C)C.COc1cc2c(c(OC)c1OC)CC(C(=O)N1C[C@@H](CCl)c3c1cc(OC(=O)N(C)CCN(C)C(=O)OCc1ccc(C)cc1)c1ccccc31)=C2. The number of Topliss-reactive ketones (excluding diaryl/α,β-unsaturated/α-hetero) is 3. The summed E-state index contributed by atoms with van der Waals surface area (Å²) in [5.41, 5.74) is 10.8. The molecule has 3 aliphatic rings. The molecule has 0 aromatic heterocycles. The summed E-state index contributed by atoms with van der Waals surface area (Å²) in [6.07, 6.45) is 3.64. The number of likely N-dealkylation sites (N-methyl/N-ethyl adjacent to an activating group) is 2. The van der Waals surface area contributed by atoms with E-state index < -0.39 is 30.2 Å². The van der Waals surface area contributed by atoms with Crippen LogP contribution in [0.4, 0.5) is 20.1 Å². The van der Waals surface area contributed by atoms with Gasteiger partial charge >= 0.3 is 18.2 Å². The standard InChI is InChI=1S/C40H42ClN3O8.C34H58N4O11/c1-24-11-13-25(14-12-24)23-51-39(46)42(2)15-16-43(3)40(47)52-33-20-32-35(30-10-8-7-9-29(30)33)28(21-41)22-44(32)38(45)27-17-26-19-34(48-4)37(50-6)36(49-5)31(26)18-27;1-5-30(41)29(9-6-12-36-34(35)45)37-32(43)28(24(2)3)23-27(40)11-15-47-17-19-49-21-20-48-18-16-46-14-7-8-26(39)10-13-38-31(42)22-25(4)33(38)44/h7-14,17,19-20,28H,15-16,18,21-23H2,1-6H3;24-25,28-29H,5-23H2,1-4H3,(H,37,43)(H3,35,36,45)/t28-;25?,28-,29-/m10/s1. The van der Waals surface area contributed by atoms with E-state index in [1.807, 2.05) is 81.4 Å². The van der Waals surface area contributed by atoms with Gasteiger partial charge in [0.15, 0.2) is 17.3 Å². The monoisotopic (exact) mass is 1430 g/mol. The number of primary amides is 1. The highest BCUT2D eigenvalue weighted by Gasteiger charge is 2.39. The van der Waals surface area contributed by atoms with E-state index in [4.69, 9.17) is 60.0 Å². The molecule has 8 amide bonds. The van der Waals surface area contributed by atoms with Crippen LogP contribution >= 0.6 is 11.6 Å². The van der Waals surface area contributed by atoms with Gasteiger partial charge in [0.05, 0.1) is 79.3 Å². The first-order chi connectivity index (χ1) is 48.4. The van der Waals surface area contributed by atoms with E-state index in [0.717, 1.165) is 38.6 Å². The van der Waals surface area contributed by atoms with Crippen LogP contribution in [0.5, 0.6) is 23.0 Å². The lowest BCUT2D eigenvalue weighted by molar-refractivity contribution is -0.139. The van der Waals surface area contributed by atoms with Crippen LogP contribution in [0.3, 0.4) is 0 Å². The first kappa shape index (κ1) is 81.3. The molecule has 4 atom stereocenters. The van der Waals surface area contributed by atoms with Crippen molar-refractivity contribution in [2.24, 2.45) is 23.5 Å². The number of halogens is 1. The lowest BCUT2D eigenvalue weighted by Crippen LogP contribution is -2.45. The molecule has 0 saturated carbocycles. The van der Waals surface area contributed by atoms with Gasteiger partial charge < -0.3 is 73.7 Å². The summed E-state index contributed by atoms with van der Waals surface area (Å²) in [7, 11) is 7.88. The van der Waals surface area contributed by atoms with E-state index in [9.17, 15) is 47.9 Å². The third-order valence-electron chi connectivity index (χ3n) is 17.7. The fraction of sp³-hybridized carbons (Fsp3) is 0.541. The van der Waals surface area contributed by atoms with Crippen molar-refractivity contribution in [3.63, 3.8) is 0 Å². The van der Waals surface area contributed by atoms with Crippen LogP contribution in [0, 0.1) is 24.7 Å². The van der Waals surface area contributed by atoms with Gasteiger partial charge in [-0.2, -0.15) is 0 Å². The molecule has 1 aliphatic carbocycles. The van der Waals surface area contributed by atoms with Crippen LogP contribution in [0.15, 0.2) is 66.2 Å². The Morgan fingerprint density at radius 2 is 1.38 bits per heavy atom. The summed E-state index contributed by atoms with van der Waals surface area (Å²) in [4.78, 5) is 131. The quantitative estimate of drug-likeness (QED) is 0.0212. The predicted octanol–water partition coefficient (Wildman–Crippen LogP) is 8.90. The molecule has 0 bridgehead atoms. The second-order valence-electron chi connectivity index (χ2n) is 25.4. The molecule has 101 heavy (non-hydrogen) atoms. The van der Waals surface area contributed by atoms with E-state index in [1.54, 1.807) is 60.2 Å². The topological polar surface area (TPSA) is 317 Å². The summed E-state index contributed by atoms with van der Waals surface area (Å²) >= 11 is 6.52. The van der Waals surface area contributed by atoms with Crippen LogP contribution in [0.25, 0.3) is 16.8 Å². The molecule has 7 rings (SSSR count). The van der Waals surface area contributed by atoms with Gasteiger partial charge in [-0.15, -0.1) is 11.6 Å². The Balaban J connectivity index is 0.000000319. The van der Waals surface area contributed by atoms with E-state index in [-0.39, 0.29) is 124 Å². The molecule has 4 aromatic rings. The number of benzene rings is 4. The number of hydrogen-bond donors (Lipinski definition) is 3. The minimum Gasteiger partial charge on any atom is -0.493 e. The number of ketones is 3. The number of fused-ring (bicyclic) bond motifs is 4. The molecule has 552 valence electrons. The zero-order chi connectivity index (χ0) is 73.7. The summed E-state index contributed by atoms with van der Waals surface area (Å²) < 4.78 is 50.1. The minimum atomic E-state index is -0.690. The van der Waals surface area contributed by atoms with Gasteiger partial charge in [-0.05, 0) is 66.3 Å². The normalized spacial score (nSPS) is 15.0. The maximum Gasteiger partial charge on any atom is 0.415 e. The Hall–Kier alpha value is -8.69. The zero-order valence-electron chi connectivity index (χ0n) is 59.9. The number of likely N-dealkylation sites (tertiary alicyclic amines) is 1. The molecule has 1 unspecified atom stereocenters. The molecular formula is C74H100ClN7O19. The number of carbonyl (C=O) groups excluding carboxylic acids is 10. The number of urea groups is 1. The average Bonchev–Trinajstić information content (AvgIpc) is 1.61. The summed E-state index contributed by atoms with van der Waals surface area (Å²) in [6.45, 7) is 13.3. The second kappa shape index (κ2) is 41.3. The number of carbonyl (C=O) groups is 10. The van der Waals surface area contributed by atoms with Gasteiger partial charge in [-0.25, -0.2) is 14.4 Å². The maximum absolute atomic E-state index is 14.3. The van der Waals surface area contributed by atoms with Crippen molar-refractivity contribution in [2.45, 2.75) is 117 Å². The molecular weight excluding hydrogens is 1330 g/mol. The smallest absolute Gasteiger partial charge is 0.415 e. The number of nitrogens with two attached hydrogens (primary N) is 1. The van der Waals surface area contributed by atoms with Crippen LogP contribution in [0.2, 0.25) is 0 Å². The summed E-state index contributed by atoms with van der Waals surface area (Å²) in [5.74, 6) is -0.209. The molecule has 0 radical (unpaired) electrons. The average molecular weight is 1430 g/mol. The van der Waals surface area contributed by atoms with Crippen molar-refractivity contribution in [3.8, 4) is 23.0 Å².